The number of halogens is 1. The molecular weight excluding hydrogens is 354 g/mol. The quantitative estimate of drug-likeness (QED) is 0.619. The number of piperidine rings is 1. The van der Waals surface area contributed by atoms with Crippen molar-refractivity contribution in [2.75, 3.05) is 13.1 Å². The number of nitrogens with zero attached hydrogens (tertiary/aromatic N) is 3. The van der Waals surface area contributed by atoms with Crippen molar-refractivity contribution in [1.29, 1.82) is 0 Å². The first kappa shape index (κ1) is 18.1. The van der Waals surface area contributed by atoms with E-state index in [1.807, 2.05) is 30.5 Å². The second-order valence-electron chi connectivity index (χ2n) is 7.22. The number of hydrogen-bond donors (Lipinski definition) is 0. The average molecular weight is 378 g/mol. The smallest absolute Gasteiger partial charge is 0.0543 e. The third kappa shape index (κ3) is 4.74. The topological polar surface area (TPSA) is 29.0 Å². The number of benzene rings is 1. The van der Waals surface area contributed by atoms with E-state index in [-0.39, 0.29) is 0 Å². The van der Waals surface area contributed by atoms with Crippen LogP contribution >= 0.6 is 11.6 Å². The molecule has 1 aliphatic rings. The van der Waals surface area contributed by atoms with Crippen LogP contribution in [-0.2, 0) is 13.0 Å². The Morgan fingerprint density at radius 1 is 0.963 bits per heavy atom. The second-order valence-corrected chi connectivity index (χ2v) is 7.62. The predicted octanol–water partition coefficient (Wildman–Crippen LogP) is 5.10. The van der Waals surface area contributed by atoms with Crippen molar-refractivity contribution >= 4 is 11.6 Å². The van der Waals surface area contributed by atoms with Gasteiger partial charge in [0.25, 0.3) is 0 Å². The van der Waals surface area contributed by atoms with Crippen LogP contribution in [0.15, 0.2) is 66.9 Å². The van der Waals surface area contributed by atoms with Gasteiger partial charge in [0.15, 0.2) is 0 Å². The molecule has 138 valence electrons. The van der Waals surface area contributed by atoms with Gasteiger partial charge in [-0.05, 0) is 55.3 Å². The van der Waals surface area contributed by atoms with E-state index in [9.17, 15) is 0 Å². The maximum absolute atomic E-state index is 6.32. The fraction of sp³-hybridized carbons (Fsp3) is 0.304. The molecule has 3 heterocycles. The van der Waals surface area contributed by atoms with Gasteiger partial charge in [-0.1, -0.05) is 41.9 Å². The maximum atomic E-state index is 6.32. The number of aromatic nitrogens is 2. The summed E-state index contributed by atoms with van der Waals surface area (Å²) in [4.78, 5) is 11.9. The highest BCUT2D eigenvalue weighted by atomic mass is 35.5. The Morgan fingerprint density at radius 3 is 2.67 bits per heavy atom. The van der Waals surface area contributed by atoms with Crippen molar-refractivity contribution in [3.8, 4) is 0 Å². The first-order valence-corrected chi connectivity index (χ1v) is 9.97. The normalized spacial score (nSPS) is 17.7. The summed E-state index contributed by atoms with van der Waals surface area (Å²) < 4.78 is 0. The van der Waals surface area contributed by atoms with E-state index in [1.54, 1.807) is 0 Å². The second kappa shape index (κ2) is 8.64. The standard InChI is InChI=1S/C23H24ClN3/c24-22-11-2-1-7-18(22)15-20-10-5-12-23(26-20)19-8-6-14-27(16-19)17-21-9-3-4-13-25-21/h1-5,7,9-13,19H,6,8,14-17H2/t19-/m1/s1. The Kier molecular flexibility index (Phi) is 5.81. The minimum atomic E-state index is 0.480. The highest BCUT2D eigenvalue weighted by Crippen LogP contribution is 2.27. The lowest BCUT2D eigenvalue weighted by Gasteiger charge is -2.32. The third-order valence-corrected chi connectivity index (χ3v) is 5.56. The van der Waals surface area contributed by atoms with Gasteiger partial charge in [0, 0.05) is 48.0 Å². The van der Waals surface area contributed by atoms with Crippen LogP contribution in [0.25, 0.3) is 0 Å². The van der Waals surface area contributed by atoms with Crippen LogP contribution in [0.4, 0.5) is 0 Å². The van der Waals surface area contributed by atoms with E-state index in [1.165, 1.54) is 18.5 Å². The Labute approximate surface area is 166 Å². The predicted molar refractivity (Wildman–Crippen MR) is 110 cm³/mol. The van der Waals surface area contributed by atoms with Gasteiger partial charge in [0.1, 0.15) is 0 Å². The lowest BCUT2D eigenvalue weighted by atomic mass is 9.93. The molecule has 2 aromatic heterocycles. The molecule has 0 amide bonds. The van der Waals surface area contributed by atoms with Gasteiger partial charge in [-0.15, -0.1) is 0 Å². The summed E-state index contributed by atoms with van der Waals surface area (Å²) in [6, 6.07) is 20.5. The van der Waals surface area contributed by atoms with Crippen molar-refractivity contribution in [3.63, 3.8) is 0 Å². The molecule has 1 atom stereocenters. The SMILES string of the molecule is Clc1ccccc1Cc1cccc([C@@H]2CCCN(Cc3ccccn3)C2)n1. The fourth-order valence-corrected chi connectivity index (χ4v) is 4.02. The molecule has 0 N–H and O–H groups in total. The molecule has 0 saturated carbocycles. The van der Waals surface area contributed by atoms with Crippen molar-refractivity contribution in [3.05, 3.63) is 94.5 Å². The van der Waals surface area contributed by atoms with Crippen LogP contribution in [0.5, 0.6) is 0 Å². The summed E-state index contributed by atoms with van der Waals surface area (Å²) in [6.45, 7) is 3.09. The van der Waals surface area contributed by atoms with Crippen LogP contribution in [0.1, 0.15) is 41.4 Å². The summed E-state index contributed by atoms with van der Waals surface area (Å²) in [5, 5.41) is 0.809. The first-order chi connectivity index (χ1) is 13.3. The molecule has 3 aromatic rings. The molecule has 0 unspecified atom stereocenters. The summed E-state index contributed by atoms with van der Waals surface area (Å²) in [5.74, 6) is 0.480. The number of rotatable bonds is 5. The van der Waals surface area contributed by atoms with E-state index in [0.29, 0.717) is 5.92 Å². The minimum Gasteiger partial charge on any atom is -0.297 e. The van der Waals surface area contributed by atoms with Crippen LogP contribution in [-0.4, -0.2) is 28.0 Å². The molecule has 27 heavy (non-hydrogen) atoms. The van der Waals surface area contributed by atoms with Gasteiger partial charge < -0.3 is 0 Å². The minimum absolute atomic E-state index is 0.480. The van der Waals surface area contributed by atoms with Crippen molar-refractivity contribution in [2.24, 2.45) is 0 Å². The number of likely N-dealkylation sites (tertiary alicyclic amines) is 1. The number of pyridine rings is 2. The van der Waals surface area contributed by atoms with Crippen molar-refractivity contribution < 1.29 is 0 Å². The zero-order valence-corrected chi connectivity index (χ0v) is 16.1. The average Bonchev–Trinajstić information content (AvgIpc) is 2.71. The fourth-order valence-electron chi connectivity index (χ4n) is 3.82. The molecular formula is C23H24ClN3. The zero-order chi connectivity index (χ0) is 18.5. The summed E-state index contributed by atoms with van der Waals surface area (Å²) in [6.07, 6.45) is 5.05. The van der Waals surface area contributed by atoms with Gasteiger partial charge in [0.2, 0.25) is 0 Å². The van der Waals surface area contributed by atoms with Gasteiger partial charge >= 0.3 is 0 Å². The molecule has 0 aliphatic carbocycles. The van der Waals surface area contributed by atoms with E-state index in [4.69, 9.17) is 16.6 Å². The summed E-state index contributed by atoms with van der Waals surface area (Å²) in [5.41, 5.74) is 4.55. The van der Waals surface area contributed by atoms with E-state index < -0.39 is 0 Å². The Bertz CT molecular complexity index is 882. The largest absolute Gasteiger partial charge is 0.297 e. The van der Waals surface area contributed by atoms with Gasteiger partial charge in [0.05, 0.1) is 5.69 Å². The molecule has 0 bridgehead atoms. The van der Waals surface area contributed by atoms with Crippen molar-refractivity contribution in [2.45, 2.75) is 31.7 Å². The van der Waals surface area contributed by atoms with Crippen LogP contribution in [0, 0.1) is 0 Å². The van der Waals surface area contributed by atoms with E-state index in [0.717, 1.165) is 48.0 Å². The molecule has 1 aromatic carbocycles. The molecule has 4 rings (SSSR count). The molecule has 3 nitrogen and oxygen atoms in total. The van der Waals surface area contributed by atoms with Gasteiger partial charge in [-0.2, -0.15) is 0 Å². The van der Waals surface area contributed by atoms with Gasteiger partial charge in [-0.3, -0.25) is 14.9 Å². The molecule has 0 spiro atoms. The monoisotopic (exact) mass is 377 g/mol. The maximum Gasteiger partial charge on any atom is 0.0543 e. The highest BCUT2D eigenvalue weighted by molar-refractivity contribution is 6.31. The van der Waals surface area contributed by atoms with Crippen LogP contribution < -0.4 is 0 Å². The molecule has 1 fully saturated rings. The van der Waals surface area contributed by atoms with E-state index in [2.05, 4.69) is 46.3 Å². The lowest BCUT2D eigenvalue weighted by molar-refractivity contribution is 0.196. The lowest BCUT2D eigenvalue weighted by Crippen LogP contribution is -2.34. The number of hydrogen-bond acceptors (Lipinski definition) is 3. The van der Waals surface area contributed by atoms with Crippen LogP contribution in [0.2, 0.25) is 5.02 Å². The molecule has 1 aliphatic heterocycles. The highest BCUT2D eigenvalue weighted by Gasteiger charge is 2.22. The van der Waals surface area contributed by atoms with Gasteiger partial charge in [-0.25, -0.2) is 0 Å². The Balaban J connectivity index is 1.45. The van der Waals surface area contributed by atoms with Crippen LogP contribution in [0.3, 0.4) is 0 Å². The Morgan fingerprint density at radius 2 is 1.81 bits per heavy atom. The molecule has 0 radical (unpaired) electrons. The van der Waals surface area contributed by atoms with E-state index >= 15 is 0 Å². The molecule has 4 heteroatoms. The first-order valence-electron chi connectivity index (χ1n) is 9.59. The zero-order valence-electron chi connectivity index (χ0n) is 15.4. The molecule has 1 saturated heterocycles. The third-order valence-electron chi connectivity index (χ3n) is 5.19. The summed E-state index contributed by atoms with van der Waals surface area (Å²) in [7, 11) is 0. The Hall–Kier alpha value is -2.23. The summed E-state index contributed by atoms with van der Waals surface area (Å²) >= 11 is 6.32. The van der Waals surface area contributed by atoms with Crippen molar-refractivity contribution in [1.82, 2.24) is 14.9 Å².